The second-order valence-electron chi connectivity index (χ2n) is 6.27. The van der Waals surface area contributed by atoms with Gasteiger partial charge < -0.3 is 15.4 Å². The van der Waals surface area contributed by atoms with Gasteiger partial charge in [-0.2, -0.15) is 0 Å². The molecule has 0 spiro atoms. The number of benzene rings is 1. The molecule has 1 aliphatic carbocycles. The molecule has 0 saturated heterocycles. The second-order valence-corrected chi connectivity index (χ2v) is 6.27. The van der Waals surface area contributed by atoms with Crippen LogP contribution in [-0.4, -0.2) is 30.6 Å². The van der Waals surface area contributed by atoms with E-state index in [1.165, 1.54) is 0 Å². The van der Waals surface area contributed by atoms with Crippen molar-refractivity contribution in [2.24, 2.45) is 17.0 Å². The average molecular weight is 357 g/mol. The van der Waals surface area contributed by atoms with E-state index in [9.17, 15) is 9.59 Å². The number of hydrogen-bond donors (Lipinski definition) is 2. The maximum atomic E-state index is 12.3. The third-order valence-corrected chi connectivity index (χ3v) is 4.32. The lowest BCUT2D eigenvalue weighted by molar-refractivity contribution is -0.123. The Morgan fingerprint density at radius 1 is 1.42 bits per heavy atom. The molecule has 1 aromatic carbocycles. The zero-order chi connectivity index (χ0) is 18.9. The molecule has 4 atom stereocenters. The van der Waals surface area contributed by atoms with Crippen molar-refractivity contribution >= 4 is 12.0 Å². The maximum absolute atomic E-state index is 12.3. The molecule has 0 radical (unpaired) electrons. The highest BCUT2D eigenvalue weighted by molar-refractivity contribution is 5.85. The molecule has 0 bridgehead atoms. The van der Waals surface area contributed by atoms with E-state index in [0.29, 0.717) is 6.54 Å². The van der Waals surface area contributed by atoms with E-state index >= 15 is 0 Å². The normalized spacial score (nSPS) is 20.0. The van der Waals surface area contributed by atoms with Crippen molar-refractivity contribution in [3.05, 3.63) is 59.0 Å². The van der Waals surface area contributed by atoms with E-state index in [-0.39, 0.29) is 30.4 Å². The van der Waals surface area contributed by atoms with Crippen LogP contribution in [0.25, 0.3) is 10.4 Å². The van der Waals surface area contributed by atoms with Crippen molar-refractivity contribution in [3.8, 4) is 0 Å². The van der Waals surface area contributed by atoms with Gasteiger partial charge in [-0.1, -0.05) is 41.5 Å². The summed E-state index contributed by atoms with van der Waals surface area (Å²) in [7, 11) is 0. The summed E-state index contributed by atoms with van der Waals surface area (Å²) in [5, 5.41) is 8.92. The van der Waals surface area contributed by atoms with Crippen LogP contribution in [-0.2, 0) is 16.1 Å². The maximum Gasteiger partial charge on any atom is 0.408 e. The summed E-state index contributed by atoms with van der Waals surface area (Å²) in [6, 6.07) is 8.33. The number of nitrogens with one attached hydrogen (secondary N) is 2. The first-order valence-electron chi connectivity index (χ1n) is 8.46. The monoisotopic (exact) mass is 357 g/mol. The zero-order valence-electron chi connectivity index (χ0n) is 14.7. The predicted octanol–water partition coefficient (Wildman–Crippen LogP) is 2.92. The van der Waals surface area contributed by atoms with E-state index in [2.05, 4.69) is 27.2 Å². The topological polar surface area (TPSA) is 116 Å². The summed E-state index contributed by atoms with van der Waals surface area (Å²) >= 11 is 0. The third-order valence-electron chi connectivity index (χ3n) is 4.32. The summed E-state index contributed by atoms with van der Waals surface area (Å²) in [4.78, 5) is 26.8. The van der Waals surface area contributed by atoms with Crippen molar-refractivity contribution in [2.75, 3.05) is 6.54 Å². The molecule has 8 nitrogen and oxygen atoms in total. The summed E-state index contributed by atoms with van der Waals surface area (Å²) < 4.78 is 5.10. The molecular weight excluding hydrogens is 334 g/mol. The van der Waals surface area contributed by atoms with Gasteiger partial charge in [-0.3, -0.25) is 4.79 Å². The van der Waals surface area contributed by atoms with Gasteiger partial charge in [0.2, 0.25) is 5.91 Å². The Hall–Kier alpha value is -2.99. The van der Waals surface area contributed by atoms with Crippen LogP contribution in [0.15, 0.2) is 48.1 Å². The highest BCUT2D eigenvalue weighted by Gasteiger charge is 2.42. The Balaban J connectivity index is 1.74. The number of carbonyl (C=O) groups excluding carboxylic acids is 2. The molecule has 26 heavy (non-hydrogen) atoms. The van der Waals surface area contributed by atoms with Gasteiger partial charge in [0.25, 0.3) is 0 Å². The van der Waals surface area contributed by atoms with Gasteiger partial charge in [-0.15, -0.1) is 6.58 Å². The number of amides is 2. The Kier molecular flexibility index (Phi) is 7.05. The molecule has 8 heteroatoms. The number of hydrogen-bond acceptors (Lipinski definition) is 4. The van der Waals surface area contributed by atoms with Gasteiger partial charge in [0.15, 0.2) is 0 Å². The summed E-state index contributed by atoms with van der Waals surface area (Å²) in [5.41, 5.74) is 9.23. The molecule has 0 aromatic heterocycles. The van der Waals surface area contributed by atoms with Crippen molar-refractivity contribution in [2.45, 2.75) is 32.0 Å². The molecule has 0 unspecified atom stereocenters. The number of ether oxygens (including phenoxy) is 1. The first-order valence-corrected chi connectivity index (χ1v) is 8.46. The minimum atomic E-state index is -0.741. The Bertz CT molecular complexity index is 687. The molecule has 1 aromatic rings. The van der Waals surface area contributed by atoms with Gasteiger partial charge in [-0.25, -0.2) is 4.79 Å². The smallest absolute Gasteiger partial charge is 0.408 e. The Morgan fingerprint density at radius 2 is 2.15 bits per heavy atom. The van der Waals surface area contributed by atoms with Crippen molar-refractivity contribution in [1.29, 1.82) is 0 Å². The largest absolute Gasteiger partial charge is 0.445 e. The molecule has 0 heterocycles. The fourth-order valence-electron chi connectivity index (χ4n) is 2.70. The summed E-state index contributed by atoms with van der Waals surface area (Å²) in [5.74, 6) is 0.147. The number of rotatable bonds is 9. The van der Waals surface area contributed by atoms with Gasteiger partial charge in [0.1, 0.15) is 12.6 Å². The number of alkyl carbamates (subject to hydrolysis) is 1. The average Bonchev–Trinajstić information content (AvgIpc) is 3.42. The van der Waals surface area contributed by atoms with E-state index in [0.717, 1.165) is 12.0 Å². The molecule has 138 valence electrons. The van der Waals surface area contributed by atoms with E-state index < -0.39 is 12.1 Å². The van der Waals surface area contributed by atoms with Gasteiger partial charge in [0.05, 0.1) is 0 Å². The fourth-order valence-corrected chi connectivity index (χ4v) is 2.70. The van der Waals surface area contributed by atoms with Crippen LogP contribution in [0.4, 0.5) is 4.79 Å². The first kappa shape index (κ1) is 19.3. The van der Waals surface area contributed by atoms with Crippen LogP contribution < -0.4 is 10.6 Å². The SMILES string of the molecule is C=C[C@@H](NC(=O)[C@H](C)NC(=O)OCc1ccccc1)[C@H]1C[C@@H]1CN=[N+]=[N-]. The van der Waals surface area contributed by atoms with E-state index in [1.54, 1.807) is 13.0 Å². The summed E-state index contributed by atoms with van der Waals surface area (Å²) in [6.07, 6.45) is 1.88. The highest BCUT2D eigenvalue weighted by atomic mass is 16.5. The molecular formula is C18H23N5O3. The molecule has 2 amide bonds. The molecule has 1 aliphatic rings. The lowest BCUT2D eigenvalue weighted by atomic mass is 10.1. The summed E-state index contributed by atoms with van der Waals surface area (Å²) in [6.45, 7) is 5.89. The lowest BCUT2D eigenvalue weighted by Crippen LogP contribution is -2.48. The van der Waals surface area contributed by atoms with Crippen LogP contribution in [0, 0.1) is 11.8 Å². The highest BCUT2D eigenvalue weighted by Crippen LogP contribution is 2.41. The first-order chi connectivity index (χ1) is 12.5. The Labute approximate surface area is 152 Å². The molecule has 1 saturated carbocycles. The van der Waals surface area contributed by atoms with Crippen LogP contribution in [0.3, 0.4) is 0 Å². The third kappa shape index (κ3) is 5.82. The predicted molar refractivity (Wildman–Crippen MR) is 97.0 cm³/mol. The van der Waals surface area contributed by atoms with Gasteiger partial charge in [-0.05, 0) is 36.3 Å². The van der Waals surface area contributed by atoms with Gasteiger partial charge >= 0.3 is 6.09 Å². The standard InChI is InChI=1S/C18H23N5O3/c1-3-16(15-9-14(15)10-20-23-19)22-17(24)12(2)21-18(25)26-11-13-7-5-4-6-8-13/h3-8,12,14-16H,1,9-11H2,2H3,(H,21,25)(H,22,24)/t12-,14+,15-,16+/m0/s1. The minimum Gasteiger partial charge on any atom is -0.445 e. The molecule has 0 aliphatic heterocycles. The van der Waals surface area contributed by atoms with Gasteiger partial charge in [0, 0.05) is 17.5 Å². The van der Waals surface area contributed by atoms with Crippen molar-refractivity contribution < 1.29 is 14.3 Å². The molecule has 1 fully saturated rings. The van der Waals surface area contributed by atoms with E-state index in [1.807, 2.05) is 30.3 Å². The zero-order valence-corrected chi connectivity index (χ0v) is 14.7. The number of carbonyl (C=O) groups is 2. The quantitative estimate of drug-likeness (QED) is 0.306. The van der Waals surface area contributed by atoms with Crippen LogP contribution >= 0.6 is 0 Å². The van der Waals surface area contributed by atoms with Crippen LogP contribution in [0.5, 0.6) is 0 Å². The number of nitrogens with zero attached hydrogens (tertiary/aromatic N) is 3. The van der Waals surface area contributed by atoms with Crippen LogP contribution in [0.2, 0.25) is 0 Å². The van der Waals surface area contributed by atoms with Crippen LogP contribution in [0.1, 0.15) is 18.9 Å². The molecule has 2 rings (SSSR count). The lowest BCUT2D eigenvalue weighted by Gasteiger charge is -2.19. The second kappa shape index (κ2) is 9.48. The minimum absolute atomic E-state index is 0.138. The molecule has 2 N–H and O–H groups in total. The van der Waals surface area contributed by atoms with Crippen molar-refractivity contribution in [3.63, 3.8) is 0 Å². The van der Waals surface area contributed by atoms with Crippen molar-refractivity contribution in [1.82, 2.24) is 10.6 Å². The number of azide groups is 1. The van der Waals surface area contributed by atoms with E-state index in [4.69, 9.17) is 10.3 Å². The Morgan fingerprint density at radius 3 is 2.81 bits per heavy atom. The fraction of sp³-hybridized carbons (Fsp3) is 0.444.